The van der Waals surface area contributed by atoms with Gasteiger partial charge in [-0.05, 0) is 0 Å². The maximum Gasteiger partial charge on any atom is -0.870 e. The first-order valence-corrected chi connectivity index (χ1v) is 7.10. The smallest absolute Gasteiger partial charge is 0.870 e. The van der Waals surface area contributed by atoms with Crippen LogP contribution in [0.15, 0.2) is 0 Å². The summed E-state index contributed by atoms with van der Waals surface area (Å²) >= 11 is 1.41. The van der Waals surface area contributed by atoms with Gasteiger partial charge in [0.15, 0.2) is 0 Å². The minimum Gasteiger partial charge on any atom is -0.870 e. The van der Waals surface area contributed by atoms with Gasteiger partial charge in [0, 0.05) is 0 Å². The summed E-state index contributed by atoms with van der Waals surface area (Å²) in [6.07, 6.45) is 10.3. The molecule has 0 unspecified atom stereocenters. The zero-order valence-corrected chi connectivity index (χ0v) is 12.1. The van der Waals surface area contributed by atoms with Crippen LogP contribution in [0.2, 0.25) is 4.18 Å². The fourth-order valence-electron chi connectivity index (χ4n) is 1.08. The third-order valence-electron chi connectivity index (χ3n) is 1.78. The zero-order chi connectivity index (χ0) is 7.66. The van der Waals surface area contributed by atoms with Gasteiger partial charge in [0.1, 0.15) is 0 Å². The maximum atomic E-state index is 2.28. The van der Waals surface area contributed by atoms with E-state index < -0.39 is 0 Å². The van der Waals surface area contributed by atoms with E-state index in [1.54, 1.807) is 0 Å². The largest absolute Gasteiger partial charge is 0.870 e. The van der Waals surface area contributed by atoms with Gasteiger partial charge < -0.3 is 16.4 Å². The average molecular weight is 357 g/mol. The van der Waals surface area contributed by atoms with E-state index in [2.05, 4.69) is 6.92 Å². The summed E-state index contributed by atoms with van der Waals surface area (Å²) in [7, 11) is 0. The Morgan fingerprint density at radius 3 is 1.46 bits per heavy atom. The fraction of sp³-hybridized carbons (Fsp3) is 1.00. The minimum absolute atomic E-state index is 0. The van der Waals surface area contributed by atoms with Crippen molar-refractivity contribution in [3.8, 4) is 0 Å². The minimum atomic E-state index is 0. The molecule has 0 aliphatic heterocycles. The normalized spacial score (nSPS) is 7.92. The van der Waals surface area contributed by atoms with Crippen LogP contribution in [-0.2, 0) is 24.4 Å². The van der Waals surface area contributed by atoms with Crippen molar-refractivity contribution in [1.29, 1.82) is 0 Å². The van der Waals surface area contributed by atoms with E-state index in [0.717, 1.165) is 0 Å². The molecule has 0 aromatic rings. The second-order valence-electron chi connectivity index (χ2n) is 2.87. The van der Waals surface area contributed by atoms with Crippen molar-refractivity contribution < 1.29 is 40.8 Å². The van der Waals surface area contributed by atoms with Crippen molar-refractivity contribution in [1.82, 2.24) is 0 Å². The molecule has 0 amide bonds. The van der Waals surface area contributed by atoms with Crippen LogP contribution in [0.25, 0.3) is 0 Å². The molecule has 0 aromatic carbocycles. The molecule has 13 heavy (non-hydrogen) atoms. The number of hydrogen-bond donors (Lipinski definition) is 0. The molecule has 0 fully saturated rings. The molecule has 0 saturated heterocycles. The average Bonchev–Trinajstić information content (AvgIpc) is 1.97. The molecule has 0 spiro atoms. The molecule has 0 atom stereocenters. The van der Waals surface area contributed by atoms with Crippen molar-refractivity contribution in [2.45, 2.75) is 56.0 Å². The second-order valence-corrected chi connectivity index (χ2v) is 4.67. The van der Waals surface area contributed by atoms with Gasteiger partial charge in [0.05, 0.1) is 0 Å². The summed E-state index contributed by atoms with van der Waals surface area (Å²) in [5, 5.41) is 0. The summed E-state index contributed by atoms with van der Waals surface area (Å²) < 4.78 is 1.51. The first kappa shape index (κ1) is 23.5. The molecule has 4 heteroatoms. The third-order valence-corrected chi connectivity index (χ3v) is 3.05. The topological polar surface area (TPSA) is 90.0 Å². The standard InChI is InChI=1S/C9H19.Hf.3H2O/c1-3-5-7-9-8-6-4-2;;;;/h1,3-9H2,2H3;;3*1H2/q;+3;;;/p-3. The Bertz CT molecular complexity index is 54.8. The predicted molar refractivity (Wildman–Crippen MR) is 48.6 cm³/mol. The van der Waals surface area contributed by atoms with Crippen molar-refractivity contribution >= 4 is 0 Å². The van der Waals surface area contributed by atoms with E-state index in [1.807, 2.05) is 0 Å². The molecule has 3 N–H and O–H groups in total. The van der Waals surface area contributed by atoms with E-state index in [-0.39, 0.29) is 16.4 Å². The molecular formula is C9H22HfO3. The monoisotopic (exact) mass is 358 g/mol. The van der Waals surface area contributed by atoms with Gasteiger partial charge in [-0.15, -0.1) is 0 Å². The first-order valence-electron chi connectivity index (χ1n) is 4.56. The summed E-state index contributed by atoms with van der Waals surface area (Å²) in [5.41, 5.74) is 0. The van der Waals surface area contributed by atoms with E-state index >= 15 is 0 Å². The maximum absolute atomic E-state index is 2.28. The van der Waals surface area contributed by atoms with Gasteiger partial charge in [-0.25, -0.2) is 0 Å². The van der Waals surface area contributed by atoms with E-state index in [4.69, 9.17) is 0 Å². The second kappa shape index (κ2) is 23.0. The molecule has 0 radical (unpaired) electrons. The molecular weight excluding hydrogens is 335 g/mol. The summed E-state index contributed by atoms with van der Waals surface area (Å²) in [6.45, 7) is 2.28. The Hall–Kier alpha value is 0.750. The van der Waals surface area contributed by atoms with Crippen LogP contribution >= 0.6 is 0 Å². The Kier molecular flexibility index (Phi) is 41.6. The van der Waals surface area contributed by atoms with Crippen LogP contribution in [0.4, 0.5) is 0 Å². The quantitative estimate of drug-likeness (QED) is 0.518. The Labute approximate surface area is 96.8 Å². The molecule has 0 rings (SSSR count). The summed E-state index contributed by atoms with van der Waals surface area (Å²) in [5.74, 6) is 0. The van der Waals surface area contributed by atoms with Crippen molar-refractivity contribution in [2.24, 2.45) is 0 Å². The summed E-state index contributed by atoms with van der Waals surface area (Å²) in [6, 6.07) is 0. The van der Waals surface area contributed by atoms with Crippen LogP contribution in [-0.4, -0.2) is 16.4 Å². The molecule has 0 saturated carbocycles. The van der Waals surface area contributed by atoms with Gasteiger partial charge in [0.25, 0.3) is 0 Å². The van der Waals surface area contributed by atoms with Gasteiger partial charge in [-0.2, -0.15) is 0 Å². The van der Waals surface area contributed by atoms with Crippen LogP contribution in [0.3, 0.4) is 0 Å². The predicted octanol–water partition coefficient (Wildman–Crippen LogP) is 3.17. The molecule has 0 heterocycles. The molecule has 3 nitrogen and oxygen atoms in total. The van der Waals surface area contributed by atoms with Gasteiger partial charge in [0.2, 0.25) is 0 Å². The van der Waals surface area contributed by atoms with E-state index in [9.17, 15) is 0 Å². The van der Waals surface area contributed by atoms with E-state index in [0.29, 0.717) is 0 Å². The third kappa shape index (κ3) is 24.5. The van der Waals surface area contributed by atoms with Gasteiger partial charge in [-0.3, -0.25) is 0 Å². The molecule has 0 bridgehead atoms. The fourth-order valence-corrected chi connectivity index (χ4v) is 1.98. The van der Waals surface area contributed by atoms with Crippen LogP contribution in [0.1, 0.15) is 51.9 Å². The molecule has 0 aliphatic rings. The van der Waals surface area contributed by atoms with Gasteiger partial charge in [-0.1, -0.05) is 0 Å². The first-order chi connectivity index (χ1) is 4.91. The van der Waals surface area contributed by atoms with Crippen molar-refractivity contribution in [3.63, 3.8) is 0 Å². The Balaban J connectivity index is -0.000000135. The van der Waals surface area contributed by atoms with Gasteiger partial charge >= 0.3 is 80.4 Å². The number of unbranched alkanes of at least 4 members (excludes halogenated alkanes) is 6. The van der Waals surface area contributed by atoms with Crippen molar-refractivity contribution in [2.75, 3.05) is 0 Å². The van der Waals surface area contributed by atoms with E-state index in [1.165, 1.54) is 73.5 Å². The van der Waals surface area contributed by atoms with Crippen LogP contribution in [0.5, 0.6) is 0 Å². The number of hydrogen-bond acceptors (Lipinski definition) is 3. The van der Waals surface area contributed by atoms with Crippen LogP contribution < -0.4 is 0 Å². The Morgan fingerprint density at radius 1 is 0.692 bits per heavy atom. The SMILES string of the molecule is CCCCCCCC[CH2][Hf+3].[OH-].[OH-].[OH-]. The molecule has 0 aromatic heterocycles. The number of rotatable bonds is 7. The van der Waals surface area contributed by atoms with Crippen LogP contribution in [0, 0.1) is 0 Å². The molecule has 0 aliphatic carbocycles. The molecule has 80 valence electrons. The zero-order valence-electron chi connectivity index (χ0n) is 8.50. The van der Waals surface area contributed by atoms with Crippen molar-refractivity contribution in [3.05, 3.63) is 0 Å². The summed E-state index contributed by atoms with van der Waals surface area (Å²) in [4.78, 5) is 0. The Morgan fingerprint density at radius 2 is 1.08 bits per heavy atom.